The van der Waals surface area contributed by atoms with Gasteiger partial charge in [-0.05, 0) is 93.9 Å². The van der Waals surface area contributed by atoms with E-state index in [9.17, 15) is 9.59 Å². The smallest absolute Gasteiger partial charge is 0.341 e. The highest BCUT2D eigenvalue weighted by Gasteiger charge is 2.54. The molecule has 1 aromatic rings. The summed E-state index contributed by atoms with van der Waals surface area (Å²) in [5, 5.41) is 4.02. The van der Waals surface area contributed by atoms with Crippen LogP contribution in [0, 0.1) is 23.2 Å². The molecule has 0 aromatic carbocycles. The standard InChI is InChI=1S/C23H31NO3S/c1-2-7-27-21(25)19-17-5-3-4-6-18(17)28-20(19)24-22(26)23-11-14-8-15(12-23)10-16(9-14)13-23/h14-16H,2-13H2,1H3,(H,24,26). The van der Waals surface area contributed by atoms with Crippen LogP contribution in [-0.4, -0.2) is 18.5 Å². The SMILES string of the molecule is CCCOC(=O)c1c(NC(=O)C23CC4CC(CC(C4)C2)C3)sc2c1CCCC2. The van der Waals surface area contributed by atoms with Crippen molar-refractivity contribution in [3.05, 3.63) is 16.0 Å². The predicted octanol–water partition coefficient (Wildman–Crippen LogP) is 5.35. The molecule has 0 radical (unpaired) electrons. The first-order valence-electron chi connectivity index (χ1n) is 11.2. The number of ether oxygens (including phenoxy) is 1. The molecule has 0 unspecified atom stereocenters. The lowest BCUT2D eigenvalue weighted by molar-refractivity contribution is -0.140. The number of carbonyl (C=O) groups is 2. The molecule has 4 fully saturated rings. The lowest BCUT2D eigenvalue weighted by Crippen LogP contribution is -2.51. The number of aryl methyl sites for hydroxylation is 1. The van der Waals surface area contributed by atoms with E-state index >= 15 is 0 Å². The summed E-state index contributed by atoms with van der Waals surface area (Å²) in [7, 11) is 0. The summed E-state index contributed by atoms with van der Waals surface area (Å²) >= 11 is 1.62. The zero-order valence-corrected chi connectivity index (χ0v) is 17.7. The third-order valence-corrected chi connectivity index (χ3v) is 8.77. The summed E-state index contributed by atoms with van der Waals surface area (Å²) in [6.07, 6.45) is 12.2. The first-order chi connectivity index (χ1) is 13.6. The van der Waals surface area contributed by atoms with Gasteiger partial charge < -0.3 is 10.1 Å². The van der Waals surface area contributed by atoms with Gasteiger partial charge in [-0.25, -0.2) is 4.79 Å². The van der Waals surface area contributed by atoms with Crippen LogP contribution >= 0.6 is 11.3 Å². The summed E-state index contributed by atoms with van der Waals surface area (Å²) in [4.78, 5) is 27.6. The second-order valence-electron chi connectivity index (χ2n) is 9.70. The van der Waals surface area contributed by atoms with Crippen LogP contribution in [0.4, 0.5) is 5.00 Å². The number of rotatable bonds is 5. The molecular weight excluding hydrogens is 370 g/mol. The molecule has 0 saturated heterocycles. The van der Waals surface area contributed by atoms with Gasteiger partial charge in [0.1, 0.15) is 5.00 Å². The van der Waals surface area contributed by atoms with E-state index in [1.807, 2.05) is 6.92 Å². The fraction of sp³-hybridized carbons (Fsp3) is 0.739. The molecule has 5 aliphatic rings. The summed E-state index contributed by atoms with van der Waals surface area (Å²) < 4.78 is 5.49. The van der Waals surface area contributed by atoms with E-state index in [2.05, 4.69) is 5.32 Å². The van der Waals surface area contributed by atoms with Crippen LogP contribution < -0.4 is 5.32 Å². The van der Waals surface area contributed by atoms with Crippen molar-refractivity contribution in [1.82, 2.24) is 0 Å². The maximum absolute atomic E-state index is 13.5. The van der Waals surface area contributed by atoms with Gasteiger partial charge in [0.2, 0.25) is 5.91 Å². The maximum Gasteiger partial charge on any atom is 0.341 e. The minimum atomic E-state index is -0.248. The lowest BCUT2D eigenvalue weighted by Gasteiger charge is -2.55. The van der Waals surface area contributed by atoms with Gasteiger partial charge >= 0.3 is 5.97 Å². The fourth-order valence-electron chi connectivity index (χ4n) is 6.76. The zero-order valence-electron chi connectivity index (χ0n) is 16.9. The Hall–Kier alpha value is -1.36. The second kappa shape index (κ2) is 7.16. The van der Waals surface area contributed by atoms with Crippen molar-refractivity contribution >= 4 is 28.2 Å². The van der Waals surface area contributed by atoms with Gasteiger partial charge in [0.25, 0.3) is 0 Å². The first kappa shape index (κ1) is 18.7. The average molecular weight is 402 g/mol. The van der Waals surface area contributed by atoms with Crippen molar-refractivity contribution in [1.29, 1.82) is 0 Å². The third-order valence-electron chi connectivity index (χ3n) is 7.56. The lowest BCUT2D eigenvalue weighted by atomic mass is 9.49. The van der Waals surface area contributed by atoms with Crippen molar-refractivity contribution in [2.24, 2.45) is 23.2 Å². The van der Waals surface area contributed by atoms with E-state index < -0.39 is 0 Å². The Kier molecular flexibility index (Phi) is 4.77. The molecule has 6 rings (SSSR count). The van der Waals surface area contributed by atoms with Gasteiger partial charge in [-0.3, -0.25) is 4.79 Å². The van der Waals surface area contributed by atoms with Crippen LogP contribution in [0.5, 0.6) is 0 Å². The molecule has 0 spiro atoms. The van der Waals surface area contributed by atoms with Crippen LogP contribution in [0.2, 0.25) is 0 Å². The van der Waals surface area contributed by atoms with E-state index in [0.29, 0.717) is 12.2 Å². The summed E-state index contributed by atoms with van der Waals surface area (Å²) in [5.74, 6) is 2.14. The number of esters is 1. The number of hydrogen-bond acceptors (Lipinski definition) is 4. The van der Waals surface area contributed by atoms with Gasteiger partial charge in [0.15, 0.2) is 0 Å². The van der Waals surface area contributed by atoms with Crippen molar-refractivity contribution in [2.75, 3.05) is 11.9 Å². The number of fused-ring (bicyclic) bond motifs is 1. The van der Waals surface area contributed by atoms with Crippen LogP contribution in [0.1, 0.15) is 85.5 Å². The quantitative estimate of drug-likeness (QED) is 0.677. The van der Waals surface area contributed by atoms with E-state index in [-0.39, 0.29) is 17.3 Å². The van der Waals surface area contributed by atoms with Crippen molar-refractivity contribution in [2.45, 2.75) is 77.6 Å². The molecule has 5 aliphatic carbocycles. The highest BCUT2D eigenvalue weighted by atomic mass is 32.1. The van der Waals surface area contributed by atoms with Gasteiger partial charge in [0.05, 0.1) is 17.6 Å². The minimum absolute atomic E-state index is 0.176. The van der Waals surface area contributed by atoms with Crippen LogP contribution in [-0.2, 0) is 22.4 Å². The number of amides is 1. The van der Waals surface area contributed by atoms with Gasteiger partial charge in [-0.1, -0.05) is 6.92 Å². The number of hydrogen-bond donors (Lipinski definition) is 1. The Morgan fingerprint density at radius 1 is 1.07 bits per heavy atom. The summed E-state index contributed by atoms with van der Waals surface area (Å²) in [6.45, 7) is 2.44. The van der Waals surface area contributed by atoms with Crippen molar-refractivity contribution in [3.8, 4) is 0 Å². The molecule has 1 aromatic heterocycles. The Morgan fingerprint density at radius 3 is 2.36 bits per heavy atom. The molecule has 152 valence electrons. The number of thiophene rings is 1. The molecular formula is C23H31NO3S. The monoisotopic (exact) mass is 401 g/mol. The topological polar surface area (TPSA) is 55.4 Å². The van der Waals surface area contributed by atoms with Crippen LogP contribution in [0.15, 0.2) is 0 Å². The number of nitrogens with one attached hydrogen (secondary N) is 1. The highest BCUT2D eigenvalue weighted by Crippen LogP contribution is 2.60. The molecule has 28 heavy (non-hydrogen) atoms. The highest BCUT2D eigenvalue weighted by molar-refractivity contribution is 7.17. The summed E-state index contributed by atoms with van der Waals surface area (Å²) in [6, 6.07) is 0. The Labute approximate surface area is 171 Å². The van der Waals surface area contributed by atoms with Crippen LogP contribution in [0.3, 0.4) is 0 Å². The van der Waals surface area contributed by atoms with Gasteiger partial charge in [-0.2, -0.15) is 0 Å². The maximum atomic E-state index is 13.5. The molecule has 1 N–H and O–H groups in total. The van der Waals surface area contributed by atoms with Crippen molar-refractivity contribution < 1.29 is 14.3 Å². The molecule has 5 heteroatoms. The van der Waals surface area contributed by atoms with E-state index in [1.165, 1.54) is 30.6 Å². The molecule has 0 atom stereocenters. The molecule has 4 nitrogen and oxygen atoms in total. The first-order valence-corrected chi connectivity index (χ1v) is 12.0. The van der Waals surface area contributed by atoms with Crippen molar-refractivity contribution in [3.63, 3.8) is 0 Å². The molecule has 0 aliphatic heterocycles. The molecule has 4 saturated carbocycles. The van der Waals surface area contributed by atoms with Crippen LogP contribution in [0.25, 0.3) is 0 Å². The largest absolute Gasteiger partial charge is 0.462 e. The van der Waals surface area contributed by atoms with Gasteiger partial charge in [-0.15, -0.1) is 11.3 Å². The average Bonchev–Trinajstić information content (AvgIpc) is 3.03. The van der Waals surface area contributed by atoms with E-state index in [1.54, 1.807) is 11.3 Å². The van der Waals surface area contributed by atoms with Gasteiger partial charge in [0, 0.05) is 4.88 Å². The minimum Gasteiger partial charge on any atom is -0.462 e. The number of anilines is 1. The fourth-order valence-corrected chi connectivity index (χ4v) is 8.03. The zero-order chi connectivity index (χ0) is 19.3. The molecule has 4 bridgehead atoms. The Bertz CT molecular complexity index is 761. The third kappa shape index (κ3) is 3.10. The number of carbonyl (C=O) groups excluding carboxylic acids is 2. The predicted molar refractivity (Wildman–Crippen MR) is 111 cm³/mol. The molecule has 1 amide bonds. The summed E-state index contributed by atoms with van der Waals surface area (Å²) in [5.41, 5.74) is 1.61. The second-order valence-corrected chi connectivity index (χ2v) is 10.8. The van der Waals surface area contributed by atoms with E-state index in [4.69, 9.17) is 4.74 Å². The normalized spacial score (nSPS) is 32.8. The molecule has 1 heterocycles. The Morgan fingerprint density at radius 2 is 1.71 bits per heavy atom. The van der Waals surface area contributed by atoms with E-state index in [0.717, 1.165) is 73.3 Å². The Balaban J connectivity index is 1.42.